The molecule has 0 aliphatic heterocycles. The van der Waals surface area contributed by atoms with Crippen molar-refractivity contribution >= 4 is 31.6 Å². The van der Waals surface area contributed by atoms with Crippen molar-refractivity contribution < 1.29 is 8.42 Å². The van der Waals surface area contributed by atoms with E-state index in [1.807, 2.05) is 19.1 Å². The molecule has 90 valence electrons. The summed E-state index contributed by atoms with van der Waals surface area (Å²) in [5, 5.41) is 0. The Morgan fingerprint density at radius 1 is 1.44 bits per heavy atom. The van der Waals surface area contributed by atoms with E-state index in [0.717, 1.165) is 10.0 Å². The third-order valence-corrected chi connectivity index (χ3v) is 3.93. The van der Waals surface area contributed by atoms with Gasteiger partial charge in [-0.15, -0.1) is 0 Å². The predicted octanol–water partition coefficient (Wildman–Crippen LogP) is 1.85. The quantitative estimate of drug-likeness (QED) is 0.872. The van der Waals surface area contributed by atoms with Crippen LogP contribution in [0.3, 0.4) is 0 Å². The Morgan fingerprint density at radius 2 is 2.12 bits per heavy atom. The summed E-state index contributed by atoms with van der Waals surface area (Å²) in [6, 6.07) is 5.47. The van der Waals surface area contributed by atoms with Crippen molar-refractivity contribution in [3.63, 3.8) is 0 Å². The van der Waals surface area contributed by atoms with E-state index in [9.17, 15) is 8.42 Å². The molecule has 0 saturated carbocycles. The van der Waals surface area contributed by atoms with Crippen LogP contribution in [0, 0.1) is 6.92 Å². The van der Waals surface area contributed by atoms with Gasteiger partial charge in [-0.2, -0.15) is 0 Å². The zero-order chi connectivity index (χ0) is 12.2. The molecular weight excluding hydrogens is 292 g/mol. The monoisotopic (exact) mass is 306 g/mol. The maximum Gasteiger partial charge on any atom is 0.232 e. The van der Waals surface area contributed by atoms with E-state index < -0.39 is 10.0 Å². The smallest absolute Gasteiger partial charge is 0.232 e. The first-order valence-electron chi connectivity index (χ1n) is 4.91. The molecule has 6 heteroatoms. The van der Waals surface area contributed by atoms with Gasteiger partial charge in [0.15, 0.2) is 0 Å². The van der Waals surface area contributed by atoms with Crippen molar-refractivity contribution in [2.75, 3.05) is 17.0 Å². The second kappa shape index (κ2) is 5.65. The first-order chi connectivity index (χ1) is 7.44. The summed E-state index contributed by atoms with van der Waals surface area (Å²) in [7, 11) is -3.29. The van der Waals surface area contributed by atoms with Gasteiger partial charge in [-0.3, -0.25) is 4.72 Å². The number of sulfonamides is 1. The lowest BCUT2D eigenvalue weighted by Crippen LogP contribution is -2.19. The highest BCUT2D eigenvalue weighted by Crippen LogP contribution is 2.21. The van der Waals surface area contributed by atoms with Crippen molar-refractivity contribution in [2.24, 2.45) is 5.73 Å². The van der Waals surface area contributed by atoms with Crippen molar-refractivity contribution in [1.82, 2.24) is 0 Å². The summed E-state index contributed by atoms with van der Waals surface area (Å²) in [5.74, 6) is 0.0510. The highest BCUT2D eigenvalue weighted by molar-refractivity contribution is 9.10. The van der Waals surface area contributed by atoms with E-state index in [1.54, 1.807) is 6.07 Å². The van der Waals surface area contributed by atoms with Crippen LogP contribution in [-0.4, -0.2) is 20.7 Å². The van der Waals surface area contributed by atoms with Gasteiger partial charge in [-0.05, 0) is 37.6 Å². The molecule has 0 saturated heterocycles. The van der Waals surface area contributed by atoms with E-state index in [0.29, 0.717) is 18.7 Å². The lowest BCUT2D eigenvalue weighted by atomic mass is 10.2. The SMILES string of the molecule is Cc1ccc(Br)cc1NS(=O)(=O)CCCN. The Hall–Kier alpha value is -0.590. The summed E-state index contributed by atoms with van der Waals surface area (Å²) < 4.78 is 26.7. The van der Waals surface area contributed by atoms with Crippen molar-refractivity contribution in [3.8, 4) is 0 Å². The largest absolute Gasteiger partial charge is 0.330 e. The maximum absolute atomic E-state index is 11.6. The van der Waals surface area contributed by atoms with Crippen molar-refractivity contribution in [1.29, 1.82) is 0 Å². The number of aryl methyl sites for hydroxylation is 1. The number of hydrogen-bond donors (Lipinski definition) is 2. The zero-order valence-corrected chi connectivity index (χ0v) is 11.4. The Balaban J connectivity index is 2.83. The molecule has 0 aliphatic carbocycles. The number of nitrogens with two attached hydrogens (primary N) is 1. The number of anilines is 1. The summed E-state index contributed by atoms with van der Waals surface area (Å²) >= 11 is 3.30. The Bertz CT molecular complexity index is 460. The molecule has 0 amide bonds. The number of hydrogen-bond acceptors (Lipinski definition) is 3. The van der Waals surface area contributed by atoms with E-state index >= 15 is 0 Å². The second-order valence-corrected chi connectivity index (χ2v) is 6.28. The van der Waals surface area contributed by atoms with E-state index in [2.05, 4.69) is 20.7 Å². The standard InChI is InChI=1S/C10H15BrN2O2S/c1-8-3-4-9(11)7-10(8)13-16(14,15)6-2-5-12/h3-4,7,13H,2,5-6,12H2,1H3. The highest BCUT2D eigenvalue weighted by atomic mass is 79.9. The number of benzene rings is 1. The number of rotatable bonds is 5. The van der Waals surface area contributed by atoms with E-state index in [-0.39, 0.29) is 5.75 Å². The molecule has 1 rings (SSSR count). The van der Waals surface area contributed by atoms with Crippen LogP contribution in [0.15, 0.2) is 22.7 Å². The molecule has 3 N–H and O–H groups in total. The van der Waals surface area contributed by atoms with E-state index in [4.69, 9.17) is 5.73 Å². The highest BCUT2D eigenvalue weighted by Gasteiger charge is 2.11. The molecule has 0 aliphatic rings. The fraction of sp³-hybridized carbons (Fsp3) is 0.400. The van der Waals surface area contributed by atoms with Crippen LogP contribution in [-0.2, 0) is 10.0 Å². The summed E-state index contributed by atoms with van der Waals surface area (Å²) in [4.78, 5) is 0. The molecule has 1 aromatic carbocycles. The van der Waals surface area contributed by atoms with Crippen LogP contribution >= 0.6 is 15.9 Å². The van der Waals surface area contributed by atoms with Gasteiger partial charge < -0.3 is 5.73 Å². The van der Waals surface area contributed by atoms with Crippen LogP contribution in [0.4, 0.5) is 5.69 Å². The fourth-order valence-electron chi connectivity index (χ4n) is 1.20. The molecule has 0 bridgehead atoms. The molecule has 0 aromatic heterocycles. The Kier molecular flexibility index (Phi) is 4.76. The van der Waals surface area contributed by atoms with Crippen LogP contribution < -0.4 is 10.5 Å². The molecule has 0 spiro atoms. The Labute approximate surface area is 104 Å². The van der Waals surface area contributed by atoms with Gasteiger partial charge in [-0.1, -0.05) is 22.0 Å². The van der Waals surface area contributed by atoms with Gasteiger partial charge in [-0.25, -0.2) is 8.42 Å². The van der Waals surface area contributed by atoms with Crippen LogP contribution in [0.1, 0.15) is 12.0 Å². The average Bonchev–Trinajstić information content (AvgIpc) is 2.20. The third-order valence-electron chi connectivity index (χ3n) is 2.08. The van der Waals surface area contributed by atoms with Gasteiger partial charge in [0.05, 0.1) is 11.4 Å². The topological polar surface area (TPSA) is 72.2 Å². The van der Waals surface area contributed by atoms with Crippen LogP contribution in [0.2, 0.25) is 0 Å². The van der Waals surface area contributed by atoms with Crippen molar-refractivity contribution in [3.05, 3.63) is 28.2 Å². The third kappa shape index (κ3) is 4.11. The van der Waals surface area contributed by atoms with Crippen molar-refractivity contribution in [2.45, 2.75) is 13.3 Å². The summed E-state index contributed by atoms with van der Waals surface area (Å²) in [6.45, 7) is 2.23. The lowest BCUT2D eigenvalue weighted by Gasteiger charge is -2.10. The summed E-state index contributed by atoms with van der Waals surface area (Å²) in [5.41, 5.74) is 6.77. The van der Waals surface area contributed by atoms with Gasteiger partial charge in [0.25, 0.3) is 0 Å². The fourth-order valence-corrected chi connectivity index (χ4v) is 2.76. The molecule has 0 radical (unpaired) electrons. The Morgan fingerprint density at radius 3 is 2.75 bits per heavy atom. The maximum atomic E-state index is 11.6. The van der Waals surface area contributed by atoms with Gasteiger partial charge >= 0.3 is 0 Å². The molecule has 0 fully saturated rings. The van der Waals surface area contributed by atoms with Crippen LogP contribution in [0.25, 0.3) is 0 Å². The molecule has 4 nitrogen and oxygen atoms in total. The second-order valence-electron chi connectivity index (χ2n) is 3.52. The van der Waals surface area contributed by atoms with Crippen LogP contribution in [0.5, 0.6) is 0 Å². The van der Waals surface area contributed by atoms with Gasteiger partial charge in [0.2, 0.25) is 10.0 Å². The minimum Gasteiger partial charge on any atom is -0.330 e. The number of nitrogens with one attached hydrogen (secondary N) is 1. The minimum absolute atomic E-state index is 0.0510. The normalized spacial score (nSPS) is 11.4. The summed E-state index contributed by atoms with van der Waals surface area (Å²) in [6.07, 6.45) is 0.461. The van der Waals surface area contributed by atoms with Gasteiger partial charge in [0.1, 0.15) is 0 Å². The predicted molar refractivity (Wildman–Crippen MR) is 70.0 cm³/mol. The first kappa shape index (κ1) is 13.5. The molecule has 0 atom stereocenters. The molecule has 0 unspecified atom stereocenters. The molecule has 1 aromatic rings. The zero-order valence-electron chi connectivity index (χ0n) is 9.03. The average molecular weight is 307 g/mol. The molecular formula is C10H15BrN2O2S. The number of halogens is 1. The minimum atomic E-state index is -3.29. The van der Waals surface area contributed by atoms with E-state index in [1.165, 1.54) is 0 Å². The first-order valence-corrected chi connectivity index (χ1v) is 7.36. The van der Waals surface area contributed by atoms with Gasteiger partial charge in [0, 0.05) is 4.47 Å². The molecule has 16 heavy (non-hydrogen) atoms. The lowest BCUT2D eigenvalue weighted by molar-refractivity contribution is 0.598. The molecule has 0 heterocycles.